The second-order valence-electron chi connectivity index (χ2n) is 9.16. The molecule has 0 radical (unpaired) electrons. The molecule has 22 heavy (non-hydrogen) atoms. The van der Waals surface area contributed by atoms with Crippen LogP contribution in [0.2, 0.25) is 0 Å². The van der Waals surface area contributed by atoms with Crippen LogP contribution in [0.3, 0.4) is 0 Å². The lowest BCUT2D eigenvalue weighted by atomic mass is 9.89. The zero-order chi connectivity index (χ0) is 17.1. The zero-order valence-corrected chi connectivity index (χ0v) is 15.4. The monoisotopic (exact) mass is 303 g/mol. The Morgan fingerprint density at radius 2 is 1.36 bits per heavy atom. The number of hydrogen-bond acceptors (Lipinski definition) is 2. The SMILES string of the molecule is CC(C)(C)c1cc2ncc(C(C)(C)C)n2c(=O)n1C(C)(C)C. The summed E-state index contributed by atoms with van der Waals surface area (Å²) in [4.78, 5) is 17.8. The quantitative estimate of drug-likeness (QED) is 0.741. The Bertz CT molecular complexity index is 759. The molecule has 4 heteroatoms. The van der Waals surface area contributed by atoms with Crippen LogP contribution in [-0.2, 0) is 16.4 Å². The fourth-order valence-electron chi connectivity index (χ4n) is 2.79. The molecule has 0 saturated heterocycles. The minimum absolute atomic E-state index is 0.00245. The Kier molecular flexibility index (Phi) is 3.59. The van der Waals surface area contributed by atoms with Crippen LogP contribution >= 0.6 is 0 Å². The third-order valence-electron chi connectivity index (χ3n) is 3.89. The molecule has 122 valence electrons. The van der Waals surface area contributed by atoms with Crippen LogP contribution in [0.15, 0.2) is 17.1 Å². The number of fused-ring (bicyclic) bond motifs is 1. The molecule has 0 unspecified atom stereocenters. The highest BCUT2D eigenvalue weighted by molar-refractivity contribution is 5.44. The van der Waals surface area contributed by atoms with E-state index in [0.29, 0.717) is 0 Å². The zero-order valence-electron chi connectivity index (χ0n) is 15.4. The van der Waals surface area contributed by atoms with E-state index in [-0.39, 0.29) is 22.1 Å². The fraction of sp³-hybridized carbons (Fsp3) is 0.667. The summed E-state index contributed by atoms with van der Waals surface area (Å²) >= 11 is 0. The molecule has 4 nitrogen and oxygen atoms in total. The molecule has 0 N–H and O–H groups in total. The lowest BCUT2D eigenvalue weighted by Crippen LogP contribution is -2.43. The Morgan fingerprint density at radius 3 is 1.77 bits per heavy atom. The van der Waals surface area contributed by atoms with E-state index in [1.165, 1.54) is 0 Å². The predicted octanol–water partition coefficient (Wildman–Crippen LogP) is 3.85. The number of nitrogens with zero attached hydrogens (tertiary/aromatic N) is 3. The second kappa shape index (κ2) is 4.71. The molecule has 2 aromatic heterocycles. The lowest BCUT2D eigenvalue weighted by Gasteiger charge is -2.32. The van der Waals surface area contributed by atoms with E-state index in [4.69, 9.17) is 0 Å². The van der Waals surface area contributed by atoms with Gasteiger partial charge in [0, 0.05) is 34.3 Å². The molecule has 0 aliphatic carbocycles. The van der Waals surface area contributed by atoms with Crippen molar-refractivity contribution in [1.82, 2.24) is 14.0 Å². The molecule has 2 rings (SSSR count). The van der Waals surface area contributed by atoms with E-state index in [2.05, 4.69) is 73.4 Å². The van der Waals surface area contributed by atoms with Crippen LogP contribution in [-0.4, -0.2) is 14.0 Å². The highest BCUT2D eigenvalue weighted by atomic mass is 16.1. The van der Waals surface area contributed by atoms with Gasteiger partial charge in [-0.25, -0.2) is 14.2 Å². The average Bonchev–Trinajstić information content (AvgIpc) is 2.69. The minimum Gasteiger partial charge on any atom is -0.292 e. The van der Waals surface area contributed by atoms with Gasteiger partial charge in [0.05, 0.1) is 5.69 Å². The first-order valence-corrected chi connectivity index (χ1v) is 7.89. The Hall–Kier alpha value is -1.58. The molecule has 0 amide bonds. The van der Waals surface area contributed by atoms with Crippen molar-refractivity contribution in [2.75, 3.05) is 0 Å². The van der Waals surface area contributed by atoms with E-state index >= 15 is 0 Å². The maximum atomic E-state index is 13.3. The normalized spacial score (nSPS) is 13.9. The van der Waals surface area contributed by atoms with E-state index in [9.17, 15) is 4.79 Å². The van der Waals surface area contributed by atoms with Crippen LogP contribution in [0.1, 0.15) is 73.7 Å². The summed E-state index contributed by atoms with van der Waals surface area (Å²) in [5.41, 5.74) is 2.17. The molecule has 0 saturated carbocycles. The summed E-state index contributed by atoms with van der Waals surface area (Å²) in [5, 5.41) is 0. The smallest absolute Gasteiger partial charge is 0.292 e. The third kappa shape index (κ3) is 2.71. The number of rotatable bonds is 0. The first kappa shape index (κ1) is 16.8. The van der Waals surface area contributed by atoms with E-state index < -0.39 is 0 Å². The minimum atomic E-state index is -0.284. The van der Waals surface area contributed by atoms with Crippen LogP contribution < -0.4 is 5.69 Å². The van der Waals surface area contributed by atoms with Gasteiger partial charge in [-0.1, -0.05) is 41.5 Å². The Balaban J connectivity index is 3.01. The molecule has 0 fully saturated rings. The molecule has 0 spiro atoms. The van der Waals surface area contributed by atoms with Crippen LogP contribution in [0.5, 0.6) is 0 Å². The van der Waals surface area contributed by atoms with Crippen molar-refractivity contribution in [3.63, 3.8) is 0 Å². The summed E-state index contributed by atoms with van der Waals surface area (Å²) in [5.74, 6) is 0. The lowest BCUT2D eigenvalue weighted by molar-refractivity contribution is 0.336. The Labute approximate surface area is 133 Å². The predicted molar refractivity (Wildman–Crippen MR) is 91.8 cm³/mol. The van der Waals surface area contributed by atoms with Crippen molar-refractivity contribution in [1.29, 1.82) is 0 Å². The molecular formula is C18H29N3O. The number of aromatic nitrogens is 3. The average molecular weight is 303 g/mol. The largest absolute Gasteiger partial charge is 0.334 e. The molecule has 0 aromatic carbocycles. The van der Waals surface area contributed by atoms with Gasteiger partial charge in [0.2, 0.25) is 0 Å². The van der Waals surface area contributed by atoms with Gasteiger partial charge in [0.1, 0.15) is 5.65 Å². The second-order valence-corrected chi connectivity index (χ2v) is 9.16. The van der Waals surface area contributed by atoms with Crippen molar-refractivity contribution < 1.29 is 0 Å². The number of hydrogen-bond donors (Lipinski definition) is 0. The maximum absolute atomic E-state index is 13.3. The molecular weight excluding hydrogens is 274 g/mol. The highest BCUT2D eigenvalue weighted by Gasteiger charge is 2.29. The van der Waals surface area contributed by atoms with Gasteiger partial charge in [0.25, 0.3) is 0 Å². The molecule has 2 heterocycles. The van der Waals surface area contributed by atoms with Crippen LogP contribution in [0.4, 0.5) is 0 Å². The number of imidazole rings is 1. The van der Waals surface area contributed by atoms with Crippen LogP contribution in [0, 0.1) is 0 Å². The van der Waals surface area contributed by atoms with Crippen LogP contribution in [0.25, 0.3) is 5.65 Å². The molecule has 0 aliphatic rings. The molecule has 0 bridgehead atoms. The summed E-state index contributed by atoms with van der Waals surface area (Å²) in [6.07, 6.45) is 1.83. The van der Waals surface area contributed by atoms with Crippen molar-refractivity contribution in [2.24, 2.45) is 0 Å². The first-order chi connectivity index (χ1) is 9.74. The fourth-order valence-corrected chi connectivity index (χ4v) is 2.79. The molecule has 0 aliphatic heterocycles. The van der Waals surface area contributed by atoms with E-state index in [0.717, 1.165) is 17.0 Å². The maximum Gasteiger partial charge on any atom is 0.334 e. The molecule has 2 aromatic rings. The van der Waals surface area contributed by atoms with E-state index in [1.54, 1.807) is 4.40 Å². The third-order valence-corrected chi connectivity index (χ3v) is 3.89. The van der Waals surface area contributed by atoms with Crippen molar-refractivity contribution in [3.8, 4) is 0 Å². The summed E-state index contributed by atoms with van der Waals surface area (Å²) in [6, 6.07) is 2.06. The summed E-state index contributed by atoms with van der Waals surface area (Å²) in [7, 11) is 0. The topological polar surface area (TPSA) is 39.3 Å². The van der Waals surface area contributed by atoms with Gasteiger partial charge >= 0.3 is 5.69 Å². The first-order valence-electron chi connectivity index (χ1n) is 7.89. The van der Waals surface area contributed by atoms with Gasteiger partial charge in [0.15, 0.2) is 0 Å². The molecule has 0 atom stereocenters. The van der Waals surface area contributed by atoms with Gasteiger partial charge in [-0.3, -0.25) is 4.57 Å². The Morgan fingerprint density at radius 1 is 0.864 bits per heavy atom. The standard InChI is InChI=1S/C18H29N3O/c1-16(2,3)12-10-14-19-11-13(17(4,5)6)20(14)15(22)21(12)18(7,8)9/h10-11H,1-9H3. The van der Waals surface area contributed by atoms with E-state index in [1.807, 2.05) is 10.8 Å². The van der Waals surface area contributed by atoms with Gasteiger partial charge in [-0.15, -0.1) is 0 Å². The highest BCUT2D eigenvalue weighted by Crippen LogP contribution is 2.28. The van der Waals surface area contributed by atoms with Gasteiger partial charge in [-0.05, 0) is 20.8 Å². The van der Waals surface area contributed by atoms with Gasteiger partial charge in [-0.2, -0.15) is 0 Å². The van der Waals surface area contributed by atoms with Crippen molar-refractivity contribution in [3.05, 3.63) is 34.1 Å². The van der Waals surface area contributed by atoms with Gasteiger partial charge < -0.3 is 0 Å². The van der Waals surface area contributed by atoms with Crippen molar-refractivity contribution in [2.45, 2.75) is 78.7 Å². The summed E-state index contributed by atoms with van der Waals surface area (Å²) in [6.45, 7) is 18.9. The summed E-state index contributed by atoms with van der Waals surface area (Å²) < 4.78 is 3.68. The van der Waals surface area contributed by atoms with Crippen molar-refractivity contribution >= 4 is 5.65 Å².